The molecule has 0 unspecified atom stereocenters. The van der Waals surface area contributed by atoms with Gasteiger partial charge in [0.25, 0.3) is 11.8 Å². The fraction of sp³-hybridized carbons (Fsp3) is 0.324. The Morgan fingerprint density at radius 3 is 2.51 bits per heavy atom. The van der Waals surface area contributed by atoms with Crippen LogP contribution in [0.1, 0.15) is 45.2 Å². The SMILES string of the molecule is O=C1NC(=O)c2cc(N3CC(CN4CCN(c5cccc(-c6cnc7ccc(N8CCC[C@@H]8c8cccc(F)c8)nn67)n5)CC4)C3)ccc21. The fourth-order valence-electron chi connectivity index (χ4n) is 7.81. The molecule has 3 aromatic heterocycles. The number of rotatable bonds is 7. The molecule has 2 aromatic carbocycles. The van der Waals surface area contributed by atoms with E-state index in [2.05, 4.69) is 42.0 Å². The summed E-state index contributed by atoms with van der Waals surface area (Å²) in [5.41, 5.74) is 5.32. The molecule has 11 nitrogen and oxygen atoms in total. The Bertz CT molecular complexity index is 2090. The van der Waals surface area contributed by atoms with E-state index in [1.54, 1.807) is 18.2 Å². The first-order chi connectivity index (χ1) is 24.0. The Morgan fingerprint density at radius 1 is 0.816 bits per heavy atom. The lowest BCUT2D eigenvalue weighted by Gasteiger charge is -2.45. The molecule has 1 N–H and O–H groups in total. The number of imidazole rings is 1. The summed E-state index contributed by atoms with van der Waals surface area (Å²) in [6.45, 7) is 7.50. The van der Waals surface area contributed by atoms with Gasteiger partial charge in [-0.25, -0.2) is 18.9 Å². The zero-order valence-electron chi connectivity index (χ0n) is 27.0. The summed E-state index contributed by atoms with van der Waals surface area (Å²) in [5.74, 6) is 1.52. The van der Waals surface area contributed by atoms with Crippen molar-refractivity contribution < 1.29 is 14.0 Å². The molecule has 1 atom stereocenters. The van der Waals surface area contributed by atoms with Crippen LogP contribution in [-0.2, 0) is 0 Å². The van der Waals surface area contributed by atoms with Gasteiger partial charge in [-0.2, -0.15) is 0 Å². The zero-order valence-corrected chi connectivity index (χ0v) is 27.0. The van der Waals surface area contributed by atoms with Crippen LogP contribution in [-0.4, -0.2) is 88.7 Å². The van der Waals surface area contributed by atoms with Crippen molar-refractivity contribution in [3.05, 3.63) is 102 Å². The number of hydrogen-bond donors (Lipinski definition) is 1. The summed E-state index contributed by atoms with van der Waals surface area (Å²) in [6, 6.07) is 22.6. The van der Waals surface area contributed by atoms with E-state index in [0.29, 0.717) is 17.0 Å². The summed E-state index contributed by atoms with van der Waals surface area (Å²) in [6.07, 6.45) is 3.81. The third-order valence-corrected chi connectivity index (χ3v) is 10.4. The molecule has 4 aliphatic heterocycles. The van der Waals surface area contributed by atoms with Gasteiger partial charge in [0, 0.05) is 64.0 Å². The van der Waals surface area contributed by atoms with Crippen molar-refractivity contribution in [3.8, 4) is 11.4 Å². The van der Waals surface area contributed by atoms with Crippen molar-refractivity contribution in [2.24, 2.45) is 5.92 Å². The minimum Gasteiger partial charge on any atom is -0.371 e. The monoisotopic (exact) mass is 657 g/mol. The Balaban J connectivity index is 0.843. The van der Waals surface area contributed by atoms with Crippen LogP contribution in [0.25, 0.3) is 17.0 Å². The second-order valence-electron chi connectivity index (χ2n) is 13.5. The van der Waals surface area contributed by atoms with Crippen molar-refractivity contribution >= 4 is 34.8 Å². The highest BCUT2D eigenvalue weighted by molar-refractivity contribution is 6.21. The smallest absolute Gasteiger partial charge is 0.259 e. The fourth-order valence-corrected chi connectivity index (χ4v) is 7.81. The first kappa shape index (κ1) is 29.8. The number of nitrogens with zero attached hydrogens (tertiary/aromatic N) is 8. The van der Waals surface area contributed by atoms with E-state index in [-0.39, 0.29) is 23.7 Å². The molecular formula is C37H36FN9O2. The maximum Gasteiger partial charge on any atom is 0.259 e. The lowest BCUT2D eigenvalue weighted by Crippen LogP contribution is -2.55. The second kappa shape index (κ2) is 12.0. The van der Waals surface area contributed by atoms with E-state index in [0.717, 1.165) is 105 Å². The maximum absolute atomic E-state index is 14.0. The number of piperazine rings is 1. The van der Waals surface area contributed by atoms with E-state index in [1.807, 2.05) is 47.1 Å². The lowest BCUT2D eigenvalue weighted by atomic mass is 9.97. The predicted octanol–water partition coefficient (Wildman–Crippen LogP) is 4.41. The average molecular weight is 658 g/mol. The lowest BCUT2D eigenvalue weighted by molar-refractivity contribution is 0.0879. The number of nitrogens with one attached hydrogen (secondary N) is 1. The first-order valence-corrected chi connectivity index (χ1v) is 17.0. The zero-order chi connectivity index (χ0) is 33.1. The van der Waals surface area contributed by atoms with Gasteiger partial charge in [0.05, 0.1) is 29.1 Å². The first-order valence-electron chi connectivity index (χ1n) is 17.0. The Hall–Kier alpha value is -5.36. The van der Waals surface area contributed by atoms with E-state index in [4.69, 9.17) is 10.1 Å². The number of amides is 2. The van der Waals surface area contributed by atoms with Gasteiger partial charge < -0.3 is 14.7 Å². The van der Waals surface area contributed by atoms with E-state index in [9.17, 15) is 14.0 Å². The standard InChI is InChI=1S/C37H36FN9O2/c38-26-5-1-4-25(18-26)31-7-3-13-46(31)35-12-11-33-39-20-32(47(33)42-35)30-6-2-8-34(40-30)44-16-14-43(15-17-44)21-24-22-45(23-24)27-9-10-28-29(19-27)37(49)41-36(28)48/h1-2,4-6,8-12,18-20,24,31H,3,7,13-17,21-23H2,(H,41,48,49)/t31-/m1/s1. The molecule has 2 amide bonds. The average Bonchev–Trinajstić information content (AvgIpc) is 3.84. The predicted molar refractivity (Wildman–Crippen MR) is 185 cm³/mol. The Morgan fingerprint density at radius 2 is 1.65 bits per heavy atom. The number of halogens is 1. The third-order valence-electron chi connectivity index (χ3n) is 10.4. The molecule has 5 aromatic rings. The minimum atomic E-state index is -0.314. The van der Waals surface area contributed by atoms with Crippen LogP contribution in [0.4, 0.5) is 21.7 Å². The van der Waals surface area contributed by atoms with Gasteiger partial charge in [0.1, 0.15) is 23.1 Å². The number of pyridine rings is 1. The van der Waals surface area contributed by atoms with Crippen molar-refractivity contribution in [2.45, 2.75) is 18.9 Å². The number of carbonyl (C=O) groups excluding carboxylic acids is 2. The van der Waals surface area contributed by atoms with Crippen LogP contribution in [0.5, 0.6) is 0 Å². The van der Waals surface area contributed by atoms with Gasteiger partial charge in [0.2, 0.25) is 0 Å². The summed E-state index contributed by atoms with van der Waals surface area (Å²) < 4.78 is 15.9. The molecule has 0 spiro atoms. The molecule has 0 bridgehead atoms. The molecule has 3 saturated heterocycles. The Labute approximate surface area is 283 Å². The second-order valence-corrected chi connectivity index (χ2v) is 13.5. The highest BCUT2D eigenvalue weighted by Gasteiger charge is 2.33. The highest BCUT2D eigenvalue weighted by Crippen LogP contribution is 2.36. The van der Waals surface area contributed by atoms with E-state index >= 15 is 0 Å². The third kappa shape index (κ3) is 5.45. The molecule has 4 aliphatic rings. The number of aromatic nitrogens is 4. The van der Waals surface area contributed by atoms with Gasteiger partial charge in [0.15, 0.2) is 5.65 Å². The molecule has 0 aliphatic carbocycles. The number of hydrogen-bond acceptors (Lipinski definition) is 9. The molecule has 7 heterocycles. The number of benzene rings is 2. The van der Waals surface area contributed by atoms with E-state index in [1.165, 1.54) is 6.07 Å². The number of carbonyl (C=O) groups is 2. The van der Waals surface area contributed by atoms with Crippen LogP contribution in [0, 0.1) is 11.7 Å². The van der Waals surface area contributed by atoms with Crippen LogP contribution < -0.4 is 20.0 Å². The van der Waals surface area contributed by atoms with Crippen LogP contribution in [0.15, 0.2) is 79.0 Å². The van der Waals surface area contributed by atoms with Gasteiger partial charge in [-0.05, 0) is 73.0 Å². The number of imide groups is 1. The molecule has 12 heteroatoms. The molecule has 0 saturated carbocycles. The Kier molecular flexibility index (Phi) is 7.26. The summed E-state index contributed by atoms with van der Waals surface area (Å²) in [4.78, 5) is 43.1. The number of fused-ring (bicyclic) bond motifs is 2. The van der Waals surface area contributed by atoms with Crippen molar-refractivity contribution in [2.75, 3.05) is 67.1 Å². The molecule has 3 fully saturated rings. The minimum absolute atomic E-state index is 0.0816. The summed E-state index contributed by atoms with van der Waals surface area (Å²) in [5, 5.41) is 7.39. The van der Waals surface area contributed by atoms with Crippen LogP contribution in [0.2, 0.25) is 0 Å². The maximum atomic E-state index is 14.0. The topological polar surface area (TPSA) is 102 Å². The molecular weight excluding hydrogens is 621 g/mol. The highest BCUT2D eigenvalue weighted by atomic mass is 19.1. The molecule has 9 rings (SSSR count). The molecule has 0 radical (unpaired) electrons. The molecule has 248 valence electrons. The van der Waals surface area contributed by atoms with Crippen molar-refractivity contribution in [1.29, 1.82) is 0 Å². The summed E-state index contributed by atoms with van der Waals surface area (Å²) >= 11 is 0. The van der Waals surface area contributed by atoms with Crippen molar-refractivity contribution in [3.63, 3.8) is 0 Å². The van der Waals surface area contributed by atoms with Crippen LogP contribution >= 0.6 is 0 Å². The van der Waals surface area contributed by atoms with Gasteiger partial charge in [-0.1, -0.05) is 18.2 Å². The van der Waals surface area contributed by atoms with Crippen molar-refractivity contribution in [1.82, 2.24) is 29.8 Å². The van der Waals surface area contributed by atoms with E-state index < -0.39 is 0 Å². The largest absolute Gasteiger partial charge is 0.371 e. The van der Waals surface area contributed by atoms with Crippen LogP contribution in [0.3, 0.4) is 0 Å². The van der Waals surface area contributed by atoms with Gasteiger partial charge in [-0.15, -0.1) is 5.10 Å². The van der Waals surface area contributed by atoms with Gasteiger partial charge >= 0.3 is 0 Å². The molecule has 49 heavy (non-hydrogen) atoms. The van der Waals surface area contributed by atoms with Gasteiger partial charge in [-0.3, -0.25) is 19.8 Å². The normalized spacial score (nSPS) is 19.9. The quantitative estimate of drug-likeness (QED) is 0.255. The number of anilines is 3. The summed E-state index contributed by atoms with van der Waals surface area (Å²) in [7, 11) is 0.